The van der Waals surface area contributed by atoms with Crippen molar-refractivity contribution in [3.05, 3.63) is 45.9 Å². The van der Waals surface area contributed by atoms with E-state index in [1.807, 2.05) is 28.5 Å². The lowest BCUT2D eigenvalue weighted by molar-refractivity contribution is -0.132. The first-order valence-electron chi connectivity index (χ1n) is 10.3. The van der Waals surface area contributed by atoms with Crippen LogP contribution in [0.1, 0.15) is 62.7 Å². The summed E-state index contributed by atoms with van der Waals surface area (Å²) in [7, 11) is 1.68. The standard InChI is InChI=1S/C23H34N2O3S/c1-17(2)13-23(26)25(11-8-12-27-5)14-19-16-29-22(24-19)15-28-21-10-7-6-9-20(21)18(3)4/h6-7,9-10,16-18H,8,11-15H2,1-5H3. The minimum absolute atomic E-state index is 0.174. The molecule has 160 valence electrons. The molecule has 0 N–H and O–H groups in total. The molecule has 2 aromatic rings. The fourth-order valence-corrected chi connectivity index (χ4v) is 3.78. The SMILES string of the molecule is COCCCN(Cc1csc(COc2ccccc2C(C)C)n1)C(=O)CC(C)C. The molecule has 0 radical (unpaired) electrons. The number of amides is 1. The van der Waals surface area contributed by atoms with E-state index < -0.39 is 0 Å². The molecule has 0 saturated heterocycles. The highest BCUT2D eigenvalue weighted by Gasteiger charge is 2.17. The predicted molar refractivity (Wildman–Crippen MR) is 118 cm³/mol. The first-order chi connectivity index (χ1) is 13.9. The van der Waals surface area contributed by atoms with Crippen LogP contribution in [0.25, 0.3) is 0 Å². The molecule has 0 saturated carbocycles. The summed E-state index contributed by atoms with van der Waals surface area (Å²) in [4.78, 5) is 19.2. The fraction of sp³-hybridized carbons (Fsp3) is 0.565. The third-order valence-electron chi connectivity index (χ3n) is 4.56. The number of aromatic nitrogens is 1. The van der Waals surface area contributed by atoms with Crippen molar-refractivity contribution in [2.75, 3.05) is 20.3 Å². The van der Waals surface area contributed by atoms with E-state index in [-0.39, 0.29) is 5.91 Å². The summed E-state index contributed by atoms with van der Waals surface area (Å²) < 4.78 is 11.2. The van der Waals surface area contributed by atoms with Gasteiger partial charge in [0.25, 0.3) is 0 Å². The number of ether oxygens (including phenoxy) is 2. The highest BCUT2D eigenvalue weighted by Crippen LogP contribution is 2.27. The van der Waals surface area contributed by atoms with Gasteiger partial charge in [0.1, 0.15) is 17.4 Å². The Hall–Kier alpha value is -1.92. The van der Waals surface area contributed by atoms with Crippen molar-refractivity contribution in [2.45, 2.75) is 59.6 Å². The molecule has 5 nitrogen and oxygen atoms in total. The summed E-state index contributed by atoms with van der Waals surface area (Å²) >= 11 is 1.58. The maximum atomic E-state index is 12.6. The zero-order valence-electron chi connectivity index (χ0n) is 18.3. The molecule has 1 heterocycles. The zero-order chi connectivity index (χ0) is 21.2. The lowest BCUT2D eigenvalue weighted by Gasteiger charge is -2.22. The second kappa shape index (κ2) is 11.9. The molecule has 29 heavy (non-hydrogen) atoms. The number of carbonyl (C=O) groups excluding carboxylic acids is 1. The van der Waals surface area contributed by atoms with Gasteiger partial charge in [-0.15, -0.1) is 11.3 Å². The molecule has 1 aromatic carbocycles. The highest BCUT2D eigenvalue weighted by atomic mass is 32.1. The van der Waals surface area contributed by atoms with E-state index >= 15 is 0 Å². The summed E-state index contributed by atoms with van der Waals surface area (Å²) in [5, 5.41) is 2.95. The quantitative estimate of drug-likeness (QED) is 0.441. The van der Waals surface area contributed by atoms with Crippen LogP contribution >= 0.6 is 11.3 Å². The molecule has 0 aliphatic heterocycles. The van der Waals surface area contributed by atoms with Gasteiger partial charge in [-0.25, -0.2) is 4.98 Å². The minimum atomic E-state index is 0.174. The van der Waals surface area contributed by atoms with Gasteiger partial charge < -0.3 is 14.4 Å². The van der Waals surface area contributed by atoms with Crippen molar-refractivity contribution < 1.29 is 14.3 Å². The summed E-state index contributed by atoms with van der Waals surface area (Å²) in [6.45, 7) is 10.8. The van der Waals surface area contributed by atoms with Crippen molar-refractivity contribution in [1.29, 1.82) is 0 Å². The minimum Gasteiger partial charge on any atom is -0.486 e. The molecule has 0 fully saturated rings. The van der Waals surface area contributed by atoms with Crippen LogP contribution < -0.4 is 4.74 Å². The summed E-state index contributed by atoms with van der Waals surface area (Å²) in [6, 6.07) is 8.14. The van der Waals surface area contributed by atoms with Crippen molar-refractivity contribution >= 4 is 17.2 Å². The normalized spacial score (nSPS) is 11.3. The molecule has 0 aliphatic carbocycles. The van der Waals surface area contributed by atoms with Gasteiger partial charge >= 0.3 is 0 Å². The van der Waals surface area contributed by atoms with Gasteiger partial charge in [0.2, 0.25) is 5.91 Å². The van der Waals surface area contributed by atoms with Crippen LogP contribution in [0.5, 0.6) is 5.75 Å². The van der Waals surface area contributed by atoms with Crippen LogP contribution in [0.2, 0.25) is 0 Å². The Morgan fingerprint density at radius 2 is 1.97 bits per heavy atom. The third kappa shape index (κ3) is 7.78. The van der Waals surface area contributed by atoms with Crippen LogP contribution in [0, 0.1) is 5.92 Å². The van der Waals surface area contributed by atoms with Gasteiger partial charge in [-0.1, -0.05) is 45.9 Å². The Balaban J connectivity index is 1.98. The van der Waals surface area contributed by atoms with Crippen molar-refractivity contribution in [3.8, 4) is 5.75 Å². The molecule has 2 rings (SSSR count). The van der Waals surface area contributed by atoms with Crippen LogP contribution in [0.4, 0.5) is 0 Å². The van der Waals surface area contributed by atoms with Crippen LogP contribution in [-0.4, -0.2) is 36.1 Å². The Morgan fingerprint density at radius 3 is 2.66 bits per heavy atom. The number of carbonyl (C=O) groups is 1. The average molecular weight is 419 g/mol. The summed E-state index contributed by atoms with van der Waals surface area (Å²) in [6.07, 6.45) is 1.38. The van der Waals surface area contributed by atoms with Crippen molar-refractivity contribution in [1.82, 2.24) is 9.88 Å². The lowest BCUT2D eigenvalue weighted by Crippen LogP contribution is -2.33. The largest absolute Gasteiger partial charge is 0.486 e. The number of methoxy groups -OCH3 is 1. The zero-order valence-corrected chi connectivity index (χ0v) is 19.1. The Kier molecular flexibility index (Phi) is 9.61. The predicted octanol–water partition coefficient (Wildman–Crippen LogP) is 5.26. The van der Waals surface area contributed by atoms with Crippen LogP contribution in [0.15, 0.2) is 29.6 Å². The molecule has 0 aliphatic rings. The molecular weight excluding hydrogens is 384 g/mol. The highest BCUT2D eigenvalue weighted by molar-refractivity contribution is 7.09. The monoisotopic (exact) mass is 418 g/mol. The van der Waals surface area contributed by atoms with Crippen LogP contribution in [-0.2, 0) is 22.7 Å². The lowest BCUT2D eigenvalue weighted by atomic mass is 10.0. The Bertz CT molecular complexity index is 758. The Morgan fingerprint density at radius 1 is 1.21 bits per heavy atom. The summed E-state index contributed by atoms with van der Waals surface area (Å²) in [5.74, 6) is 1.83. The second-order valence-corrected chi connectivity index (χ2v) is 8.92. The van der Waals surface area contributed by atoms with E-state index in [0.717, 1.165) is 22.9 Å². The molecule has 0 atom stereocenters. The number of para-hydroxylation sites is 1. The molecule has 1 aromatic heterocycles. The number of nitrogens with zero attached hydrogens (tertiary/aromatic N) is 2. The smallest absolute Gasteiger partial charge is 0.223 e. The number of hydrogen-bond acceptors (Lipinski definition) is 5. The number of rotatable bonds is 12. The first kappa shape index (κ1) is 23.4. The fourth-order valence-electron chi connectivity index (χ4n) is 3.08. The van der Waals surface area contributed by atoms with Gasteiger partial charge in [0.05, 0.1) is 12.2 Å². The topological polar surface area (TPSA) is 51.7 Å². The van der Waals surface area contributed by atoms with E-state index in [1.165, 1.54) is 5.56 Å². The molecule has 0 unspecified atom stereocenters. The second-order valence-electron chi connectivity index (χ2n) is 7.97. The van der Waals surface area contributed by atoms with E-state index in [4.69, 9.17) is 14.5 Å². The molecule has 0 spiro atoms. The molecule has 6 heteroatoms. The molecule has 0 bridgehead atoms. The molecular formula is C23H34N2O3S. The third-order valence-corrected chi connectivity index (χ3v) is 5.43. The average Bonchev–Trinajstić information content (AvgIpc) is 3.12. The molecule has 1 amide bonds. The van der Waals surface area contributed by atoms with Gasteiger partial charge in [0, 0.05) is 32.1 Å². The maximum absolute atomic E-state index is 12.6. The van der Waals surface area contributed by atoms with E-state index in [9.17, 15) is 4.79 Å². The number of thiazole rings is 1. The van der Waals surface area contributed by atoms with Gasteiger partial charge in [-0.3, -0.25) is 4.79 Å². The van der Waals surface area contributed by atoms with Gasteiger partial charge in [-0.2, -0.15) is 0 Å². The first-order valence-corrected chi connectivity index (χ1v) is 11.2. The van der Waals surface area contributed by atoms with Gasteiger partial charge in [-0.05, 0) is 29.9 Å². The van der Waals surface area contributed by atoms with Crippen molar-refractivity contribution in [3.63, 3.8) is 0 Å². The van der Waals surface area contributed by atoms with E-state index in [2.05, 4.69) is 33.8 Å². The number of benzene rings is 1. The van der Waals surface area contributed by atoms with Crippen molar-refractivity contribution in [2.24, 2.45) is 5.92 Å². The number of hydrogen-bond donors (Lipinski definition) is 0. The van der Waals surface area contributed by atoms with Gasteiger partial charge in [0.15, 0.2) is 0 Å². The maximum Gasteiger partial charge on any atom is 0.223 e. The Labute approximate surface area is 179 Å². The van der Waals surface area contributed by atoms with E-state index in [1.54, 1.807) is 18.4 Å². The van der Waals surface area contributed by atoms with Crippen LogP contribution in [0.3, 0.4) is 0 Å². The summed E-state index contributed by atoms with van der Waals surface area (Å²) in [5.41, 5.74) is 2.12. The van der Waals surface area contributed by atoms with E-state index in [0.29, 0.717) is 44.6 Å².